The van der Waals surface area contributed by atoms with Crippen LogP contribution >= 0.6 is 0 Å². The van der Waals surface area contributed by atoms with Crippen LogP contribution in [0.5, 0.6) is 0 Å². The minimum absolute atomic E-state index is 0.124. The predicted molar refractivity (Wildman–Crippen MR) is 78.1 cm³/mol. The van der Waals surface area contributed by atoms with Crippen LogP contribution in [0.1, 0.15) is 19.4 Å². The lowest BCUT2D eigenvalue weighted by molar-refractivity contribution is 0.119. The molecule has 3 nitrogen and oxygen atoms in total. The van der Waals surface area contributed by atoms with E-state index in [4.69, 9.17) is 5.73 Å². The van der Waals surface area contributed by atoms with E-state index in [9.17, 15) is 0 Å². The first-order chi connectivity index (χ1) is 8.53. The van der Waals surface area contributed by atoms with Crippen LogP contribution in [-0.2, 0) is 0 Å². The maximum atomic E-state index is 5.84. The molecule has 0 unspecified atom stereocenters. The molecule has 0 aromatic heterocycles. The summed E-state index contributed by atoms with van der Waals surface area (Å²) < 4.78 is 0. The van der Waals surface area contributed by atoms with Crippen LogP contribution in [0.4, 0.5) is 5.69 Å². The van der Waals surface area contributed by atoms with Crippen molar-refractivity contribution in [3.05, 3.63) is 29.8 Å². The molecule has 0 radical (unpaired) electrons. The van der Waals surface area contributed by atoms with E-state index in [1.54, 1.807) is 0 Å². The zero-order valence-electron chi connectivity index (χ0n) is 11.8. The van der Waals surface area contributed by atoms with E-state index < -0.39 is 0 Å². The first kappa shape index (κ1) is 13.4. The highest BCUT2D eigenvalue weighted by Crippen LogP contribution is 2.20. The second-order valence-corrected chi connectivity index (χ2v) is 5.83. The summed E-state index contributed by atoms with van der Waals surface area (Å²) in [6.07, 6.45) is 0. The third-order valence-corrected chi connectivity index (χ3v) is 4.03. The lowest BCUT2D eigenvalue weighted by atomic mass is 10.0. The quantitative estimate of drug-likeness (QED) is 0.885. The van der Waals surface area contributed by atoms with Gasteiger partial charge in [-0.25, -0.2) is 0 Å². The van der Waals surface area contributed by atoms with Crippen LogP contribution in [0, 0.1) is 6.92 Å². The van der Waals surface area contributed by atoms with Crippen molar-refractivity contribution in [2.45, 2.75) is 26.3 Å². The minimum Gasteiger partial charge on any atom is -0.369 e. The van der Waals surface area contributed by atoms with E-state index in [-0.39, 0.29) is 5.54 Å². The largest absolute Gasteiger partial charge is 0.369 e. The molecule has 1 aromatic rings. The van der Waals surface area contributed by atoms with Gasteiger partial charge in [-0.3, -0.25) is 4.90 Å². The van der Waals surface area contributed by atoms with E-state index in [2.05, 4.69) is 54.8 Å². The highest BCUT2D eigenvalue weighted by molar-refractivity contribution is 5.47. The van der Waals surface area contributed by atoms with E-state index in [0.717, 1.165) is 32.7 Å². The van der Waals surface area contributed by atoms with Gasteiger partial charge in [-0.2, -0.15) is 0 Å². The van der Waals surface area contributed by atoms with Crippen LogP contribution in [0.3, 0.4) is 0 Å². The molecule has 0 atom stereocenters. The fourth-order valence-electron chi connectivity index (χ4n) is 2.45. The summed E-state index contributed by atoms with van der Waals surface area (Å²) in [5.74, 6) is 0. The molecule has 3 heteroatoms. The summed E-state index contributed by atoms with van der Waals surface area (Å²) in [6, 6.07) is 8.81. The first-order valence-corrected chi connectivity index (χ1v) is 6.80. The number of hydrogen-bond acceptors (Lipinski definition) is 3. The van der Waals surface area contributed by atoms with Crippen LogP contribution < -0.4 is 10.6 Å². The van der Waals surface area contributed by atoms with Gasteiger partial charge in [0.2, 0.25) is 0 Å². The molecule has 1 aliphatic heterocycles. The Bertz CT molecular complexity index is 375. The molecule has 2 rings (SSSR count). The number of nitrogens with zero attached hydrogens (tertiary/aromatic N) is 2. The molecule has 0 amide bonds. The molecule has 0 spiro atoms. The third-order valence-electron chi connectivity index (χ3n) is 4.03. The smallest absolute Gasteiger partial charge is 0.0367 e. The van der Waals surface area contributed by atoms with Gasteiger partial charge in [0.05, 0.1) is 0 Å². The van der Waals surface area contributed by atoms with Gasteiger partial charge in [-0.1, -0.05) is 17.7 Å². The van der Waals surface area contributed by atoms with Crippen molar-refractivity contribution < 1.29 is 0 Å². The highest BCUT2D eigenvalue weighted by Gasteiger charge is 2.28. The molecular weight excluding hydrogens is 222 g/mol. The summed E-state index contributed by atoms with van der Waals surface area (Å²) in [5.41, 5.74) is 8.63. The number of benzene rings is 1. The number of hydrogen-bond donors (Lipinski definition) is 1. The Labute approximate surface area is 111 Å². The monoisotopic (exact) mass is 247 g/mol. The number of rotatable bonds is 3. The fraction of sp³-hybridized carbons (Fsp3) is 0.600. The summed E-state index contributed by atoms with van der Waals surface area (Å²) >= 11 is 0. The average Bonchev–Trinajstić information content (AvgIpc) is 2.40. The second kappa shape index (κ2) is 5.29. The molecule has 0 saturated carbocycles. The van der Waals surface area contributed by atoms with Crippen molar-refractivity contribution in [1.82, 2.24) is 4.90 Å². The van der Waals surface area contributed by atoms with Crippen molar-refractivity contribution >= 4 is 5.69 Å². The lowest BCUT2D eigenvalue weighted by Crippen LogP contribution is -2.57. The molecule has 18 heavy (non-hydrogen) atoms. The third kappa shape index (κ3) is 2.85. The van der Waals surface area contributed by atoms with Crippen molar-refractivity contribution in [1.29, 1.82) is 0 Å². The number of nitrogens with two attached hydrogens (primary N) is 1. The summed E-state index contributed by atoms with van der Waals surface area (Å²) in [7, 11) is 0. The first-order valence-electron chi connectivity index (χ1n) is 6.80. The molecule has 1 heterocycles. The maximum Gasteiger partial charge on any atom is 0.0367 e. The summed E-state index contributed by atoms with van der Waals surface area (Å²) in [6.45, 7) is 11.7. The zero-order valence-corrected chi connectivity index (χ0v) is 11.8. The molecule has 2 N–H and O–H groups in total. The van der Waals surface area contributed by atoms with E-state index >= 15 is 0 Å². The highest BCUT2D eigenvalue weighted by atomic mass is 15.3. The summed E-state index contributed by atoms with van der Waals surface area (Å²) in [5, 5.41) is 0. The van der Waals surface area contributed by atoms with Gasteiger partial charge in [0, 0.05) is 44.0 Å². The van der Waals surface area contributed by atoms with Crippen molar-refractivity contribution in [2.75, 3.05) is 37.6 Å². The van der Waals surface area contributed by atoms with Crippen molar-refractivity contribution in [2.24, 2.45) is 5.73 Å². The van der Waals surface area contributed by atoms with Gasteiger partial charge in [-0.05, 0) is 32.9 Å². The Morgan fingerprint density at radius 3 is 2.11 bits per heavy atom. The topological polar surface area (TPSA) is 32.5 Å². The van der Waals surface area contributed by atoms with Crippen molar-refractivity contribution in [3.8, 4) is 0 Å². The standard InChI is InChI=1S/C15H25N3/c1-13-4-6-14(7-5-13)17-8-10-18(11-9-17)15(2,3)12-16/h4-7H,8-12,16H2,1-3H3. The van der Waals surface area contributed by atoms with Crippen LogP contribution in [0.15, 0.2) is 24.3 Å². The summed E-state index contributed by atoms with van der Waals surface area (Å²) in [4.78, 5) is 4.96. The molecule has 1 fully saturated rings. The van der Waals surface area contributed by atoms with Gasteiger partial charge in [0.1, 0.15) is 0 Å². The van der Waals surface area contributed by atoms with Crippen LogP contribution in [-0.4, -0.2) is 43.2 Å². The SMILES string of the molecule is Cc1ccc(N2CCN(C(C)(C)CN)CC2)cc1. The molecule has 1 aliphatic rings. The number of aryl methyl sites for hydroxylation is 1. The van der Waals surface area contributed by atoms with Crippen LogP contribution in [0.25, 0.3) is 0 Å². The molecular formula is C15H25N3. The van der Waals surface area contributed by atoms with Crippen LogP contribution in [0.2, 0.25) is 0 Å². The fourth-order valence-corrected chi connectivity index (χ4v) is 2.45. The van der Waals surface area contributed by atoms with Gasteiger partial charge in [-0.15, -0.1) is 0 Å². The van der Waals surface area contributed by atoms with E-state index in [1.807, 2.05) is 0 Å². The van der Waals surface area contributed by atoms with E-state index in [1.165, 1.54) is 11.3 Å². The minimum atomic E-state index is 0.124. The Morgan fingerprint density at radius 1 is 1.06 bits per heavy atom. The Kier molecular flexibility index (Phi) is 3.93. The Balaban J connectivity index is 1.96. The molecule has 0 bridgehead atoms. The maximum absolute atomic E-state index is 5.84. The lowest BCUT2D eigenvalue weighted by Gasteiger charge is -2.44. The molecule has 100 valence electrons. The van der Waals surface area contributed by atoms with Gasteiger partial charge < -0.3 is 10.6 Å². The van der Waals surface area contributed by atoms with Gasteiger partial charge >= 0.3 is 0 Å². The second-order valence-electron chi connectivity index (χ2n) is 5.83. The molecule has 1 aromatic carbocycles. The molecule has 1 saturated heterocycles. The van der Waals surface area contributed by atoms with Crippen molar-refractivity contribution in [3.63, 3.8) is 0 Å². The predicted octanol–water partition coefficient (Wildman–Crippen LogP) is 1.85. The van der Waals surface area contributed by atoms with Gasteiger partial charge in [0.25, 0.3) is 0 Å². The number of anilines is 1. The molecule has 0 aliphatic carbocycles. The Morgan fingerprint density at radius 2 is 1.61 bits per heavy atom. The Hall–Kier alpha value is -1.06. The van der Waals surface area contributed by atoms with E-state index in [0.29, 0.717) is 0 Å². The average molecular weight is 247 g/mol. The normalized spacial score (nSPS) is 18.1. The van der Waals surface area contributed by atoms with Gasteiger partial charge in [0.15, 0.2) is 0 Å². The number of piperazine rings is 1. The zero-order chi connectivity index (χ0) is 13.2.